The molecule has 0 radical (unpaired) electrons. The van der Waals surface area contributed by atoms with Gasteiger partial charge < -0.3 is 10.1 Å². The number of nitro benzene ring substituents is 1. The molecule has 2 aromatic rings. The van der Waals surface area contributed by atoms with E-state index in [-0.39, 0.29) is 11.3 Å². The maximum Gasteiger partial charge on any atom is 0.270 e. The third-order valence-corrected chi connectivity index (χ3v) is 3.42. The minimum atomic E-state index is -0.547. The summed E-state index contributed by atoms with van der Waals surface area (Å²) in [6, 6.07) is 10.9. The zero-order chi connectivity index (χ0) is 15.4. The van der Waals surface area contributed by atoms with E-state index in [1.807, 2.05) is 0 Å². The number of carbonyl (C=O) groups is 1. The summed E-state index contributed by atoms with van der Waals surface area (Å²) < 4.78 is 5.55. The van der Waals surface area contributed by atoms with Gasteiger partial charge in [0.25, 0.3) is 11.6 Å². The van der Waals surface area contributed by atoms with Gasteiger partial charge in [-0.25, -0.2) is 0 Å². The maximum atomic E-state index is 12.2. The zero-order valence-electron chi connectivity index (χ0n) is 11.0. The number of carbonyl (C=O) groups excluding carboxylic acids is 1. The van der Waals surface area contributed by atoms with Gasteiger partial charge in [0, 0.05) is 28.4 Å². The van der Waals surface area contributed by atoms with Gasteiger partial charge in [-0.05, 0) is 34.1 Å². The molecule has 6 nitrogen and oxygen atoms in total. The first-order valence-electron chi connectivity index (χ1n) is 5.90. The number of hydrogen-bond acceptors (Lipinski definition) is 4. The van der Waals surface area contributed by atoms with E-state index in [0.717, 1.165) is 0 Å². The van der Waals surface area contributed by atoms with Gasteiger partial charge in [0.2, 0.25) is 0 Å². The summed E-state index contributed by atoms with van der Waals surface area (Å²) in [5.74, 6) is 0.157. The number of methoxy groups -OCH3 is 1. The van der Waals surface area contributed by atoms with Crippen molar-refractivity contribution in [3.63, 3.8) is 0 Å². The summed E-state index contributed by atoms with van der Waals surface area (Å²) in [6.45, 7) is 0. The molecular formula is C14H11BrN2O4. The summed E-state index contributed by atoms with van der Waals surface area (Å²) >= 11 is 3.21. The third kappa shape index (κ3) is 3.57. The molecule has 108 valence electrons. The number of amides is 1. The van der Waals surface area contributed by atoms with E-state index < -0.39 is 10.8 Å². The molecule has 1 N–H and O–H groups in total. The van der Waals surface area contributed by atoms with Crippen LogP contribution in [0, 0.1) is 10.1 Å². The molecule has 0 atom stereocenters. The second-order valence-electron chi connectivity index (χ2n) is 4.11. The van der Waals surface area contributed by atoms with Crippen LogP contribution in [0.25, 0.3) is 0 Å². The van der Waals surface area contributed by atoms with Crippen LogP contribution in [-0.4, -0.2) is 17.9 Å². The molecule has 21 heavy (non-hydrogen) atoms. The van der Waals surface area contributed by atoms with Crippen molar-refractivity contribution in [3.05, 3.63) is 62.6 Å². The number of halogens is 1. The summed E-state index contributed by atoms with van der Waals surface area (Å²) in [7, 11) is 1.53. The standard InChI is InChI=1S/C14H11BrN2O4/c1-21-11-4-2-3-9(7-11)16-14(18)12-8-10(17(19)20)5-6-13(12)15/h2-8H,1H3,(H,16,18). The average molecular weight is 351 g/mol. The Labute approximate surface area is 129 Å². The van der Waals surface area contributed by atoms with Gasteiger partial charge in [0.05, 0.1) is 17.6 Å². The predicted octanol–water partition coefficient (Wildman–Crippen LogP) is 3.62. The van der Waals surface area contributed by atoms with Crippen LogP contribution < -0.4 is 10.1 Å². The van der Waals surface area contributed by atoms with Crippen molar-refractivity contribution in [2.45, 2.75) is 0 Å². The van der Waals surface area contributed by atoms with Crippen molar-refractivity contribution in [1.82, 2.24) is 0 Å². The predicted molar refractivity (Wildman–Crippen MR) is 81.7 cm³/mol. The Morgan fingerprint density at radius 3 is 2.71 bits per heavy atom. The number of non-ortho nitro benzene ring substituents is 1. The van der Waals surface area contributed by atoms with Gasteiger partial charge in [0.15, 0.2) is 0 Å². The van der Waals surface area contributed by atoms with Gasteiger partial charge in [-0.15, -0.1) is 0 Å². The number of benzene rings is 2. The molecule has 2 aromatic carbocycles. The molecular weight excluding hydrogens is 340 g/mol. The first-order chi connectivity index (χ1) is 10.0. The van der Waals surface area contributed by atoms with Gasteiger partial charge in [-0.3, -0.25) is 14.9 Å². The SMILES string of the molecule is COc1cccc(NC(=O)c2cc([N+](=O)[O-])ccc2Br)c1. The van der Waals surface area contributed by atoms with Crippen LogP contribution in [0.3, 0.4) is 0 Å². The number of anilines is 1. The highest BCUT2D eigenvalue weighted by atomic mass is 79.9. The van der Waals surface area contributed by atoms with E-state index in [2.05, 4.69) is 21.2 Å². The first kappa shape index (κ1) is 15.0. The van der Waals surface area contributed by atoms with Crippen LogP contribution in [0.15, 0.2) is 46.9 Å². The Kier molecular flexibility index (Phi) is 4.54. The molecule has 0 aromatic heterocycles. The Bertz CT molecular complexity index is 703. The van der Waals surface area contributed by atoms with Gasteiger partial charge in [0.1, 0.15) is 5.75 Å². The fourth-order valence-electron chi connectivity index (χ4n) is 1.70. The summed E-state index contributed by atoms with van der Waals surface area (Å²) in [5, 5.41) is 13.4. The Balaban J connectivity index is 2.27. The smallest absolute Gasteiger partial charge is 0.270 e. The third-order valence-electron chi connectivity index (χ3n) is 2.73. The van der Waals surface area contributed by atoms with Crippen molar-refractivity contribution in [2.75, 3.05) is 12.4 Å². The van der Waals surface area contributed by atoms with Crippen molar-refractivity contribution in [1.29, 1.82) is 0 Å². The topological polar surface area (TPSA) is 81.5 Å². The Morgan fingerprint density at radius 2 is 2.05 bits per heavy atom. The van der Waals surface area contributed by atoms with Crippen LogP contribution in [-0.2, 0) is 0 Å². The lowest BCUT2D eigenvalue weighted by atomic mass is 10.2. The van der Waals surface area contributed by atoms with E-state index >= 15 is 0 Å². The van der Waals surface area contributed by atoms with Gasteiger partial charge in [-0.2, -0.15) is 0 Å². The van der Waals surface area contributed by atoms with Crippen LogP contribution >= 0.6 is 15.9 Å². The second kappa shape index (κ2) is 6.36. The molecule has 0 aliphatic carbocycles. The molecule has 0 fully saturated rings. The molecule has 2 rings (SSSR count). The fourth-order valence-corrected chi connectivity index (χ4v) is 2.13. The zero-order valence-corrected chi connectivity index (χ0v) is 12.6. The van der Waals surface area contributed by atoms with E-state index in [0.29, 0.717) is 15.9 Å². The van der Waals surface area contributed by atoms with Crippen molar-refractivity contribution in [2.24, 2.45) is 0 Å². The quantitative estimate of drug-likeness (QED) is 0.674. The average Bonchev–Trinajstić information content (AvgIpc) is 2.47. The van der Waals surface area contributed by atoms with Gasteiger partial charge >= 0.3 is 0 Å². The molecule has 0 spiro atoms. The monoisotopic (exact) mass is 350 g/mol. The van der Waals surface area contributed by atoms with Crippen LogP contribution in [0.1, 0.15) is 10.4 Å². The van der Waals surface area contributed by atoms with E-state index in [1.54, 1.807) is 24.3 Å². The van der Waals surface area contributed by atoms with Gasteiger partial charge in [-0.1, -0.05) is 6.07 Å². The Hall–Kier alpha value is -2.41. The van der Waals surface area contributed by atoms with Crippen molar-refractivity contribution < 1.29 is 14.5 Å². The maximum absolute atomic E-state index is 12.2. The number of rotatable bonds is 4. The van der Waals surface area contributed by atoms with Crippen molar-refractivity contribution in [3.8, 4) is 5.75 Å². The number of nitrogens with zero attached hydrogens (tertiary/aromatic N) is 1. The molecule has 1 amide bonds. The first-order valence-corrected chi connectivity index (χ1v) is 6.70. The van der Waals surface area contributed by atoms with E-state index in [1.165, 1.54) is 25.3 Å². The number of nitrogens with one attached hydrogen (secondary N) is 1. The van der Waals surface area contributed by atoms with Crippen LogP contribution in [0.5, 0.6) is 5.75 Å². The molecule has 0 bridgehead atoms. The lowest BCUT2D eigenvalue weighted by molar-refractivity contribution is -0.384. The Morgan fingerprint density at radius 1 is 1.29 bits per heavy atom. The molecule has 0 unspecified atom stereocenters. The summed E-state index contributed by atoms with van der Waals surface area (Å²) in [6.07, 6.45) is 0. The molecule has 7 heteroatoms. The molecule has 0 aliphatic rings. The summed E-state index contributed by atoms with van der Waals surface area (Å²) in [5.41, 5.74) is 0.582. The summed E-state index contributed by atoms with van der Waals surface area (Å²) in [4.78, 5) is 22.4. The number of nitro groups is 1. The molecule has 0 aliphatic heterocycles. The normalized spacial score (nSPS) is 10.0. The number of hydrogen-bond donors (Lipinski definition) is 1. The number of ether oxygens (including phenoxy) is 1. The van der Waals surface area contributed by atoms with Crippen LogP contribution in [0.2, 0.25) is 0 Å². The lowest BCUT2D eigenvalue weighted by Gasteiger charge is -2.08. The van der Waals surface area contributed by atoms with E-state index in [4.69, 9.17) is 4.74 Å². The highest BCUT2D eigenvalue weighted by molar-refractivity contribution is 9.10. The molecule has 0 saturated heterocycles. The highest BCUT2D eigenvalue weighted by Gasteiger charge is 2.15. The lowest BCUT2D eigenvalue weighted by Crippen LogP contribution is -2.13. The second-order valence-corrected chi connectivity index (χ2v) is 4.96. The van der Waals surface area contributed by atoms with E-state index in [9.17, 15) is 14.9 Å². The fraction of sp³-hybridized carbons (Fsp3) is 0.0714. The highest BCUT2D eigenvalue weighted by Crippen LogP contribution is 2.24. The molecule has 0 saturated carbocycles. The van der Waals surface area contributed by atoms with Crippen LogP contribution in [0.4, 0.5) is 11.4 Å². The molecule has 0 heterocycles. The minimum Gasteiger partial charge on any atom is -0.497 e. The largest absolute Gasteiger partial charge is 0.497 e. The minimum absolute atomic E-state index is 0.144. The van der Waals surface area contributed by atoms with Crippen molar-refractivity contribution >= 4 is 33.2 Å².